The Hall–Kier alpha value is -1.23. The minimum Gasteiger partial charge on any atom is -0.345 e. The van der Waals surface area contributed by atoms with Crippen LogP contribution in [0.25, 0.3) is 0 Å². The van der Waals surface area contributed by atoms with Crippen LogP contribution in [0.2, 0.25) is 0 Å². The van der Waals surface area contributed by atoms with Crippen molar-refractivity contribution < 1.29 is 4.79 Å². The first kappa shape index (κ1) is 11.8. The summed E-state index contributed by atoms with van der Waals surface area (Å²) in [6, 6.07) is 0. The van der Waals surface area contributed by atoms with Crippen LogP contribution in [0.5, 0.6) is 0 Å². The topological polar surface area (TPSA) is 29.1 Å². The van der Waals surface area contributed by atoms with Crippen molar-refractivity contribution >= 4 is 5.91 Å². The van der Waals surface area contributed by atoms with Gasteiger partial charge < -0.3 is 5.32 Å². The minimum atomic E-state index is 0.0430. The second kappa shape index (κ2) is 6.30. The Bertz CT molecular complexity index is 262. The third kappa shape index (κ3) is 5.98. The van der Waals surface area contributed by atoms with Crippen molar-refractivity contribution in [1.29, 1.82) is 0 Å². The first-order valence-electron chi connectivity index (χ1n) is 4.37. The van der Waals surface area contributed by atoms with Gasteiger partial charge in [-0.15, -0.1) is 5.92 Å². The molecule has 2 nitrogen and oxygen atoms in total. The van der Waals surface area contributed by atoms with Crippen molar-refractivity contribution in [2.24, 2.45) is 0 Å². The Morgan fingerprint density at radius 3 is 2.38 bits per heavy atom. The maximum absolute atomic E-state index is 11.2. The predicted molar refractivity (Wildman–Crippen MR) is 55.1 cm³/mol. The molecular formula is C11H17NO. The lowest BCUT2D eigenvalue weighted by Gasteiger charge is -2.03. The second-order valence-corrected chi connectivity index (χ2v) is 3.16. The van der Waals surface area contributed by atoms with Crippen LogP contribution in [0.3, 0.4) is 0 Å². The Kier molecular flexibility index (Phi) is 5.71. The summed E-state index contributed by atoms with van der Waals surface area (Å²) in [5.74, 6) is 5.55. The number of hydrogen-bond acceptors (Lipinski definition) is 1. The van der Waals surface area contributed by atoms with Crippen molar-refractivity contribution in [3.63, 3.8) is 0 Å². The quantitative estimate of drug-likeness (QED) is 0.520. The summed E-state index contributed by atoms with van der Waals surface area (Å²) in [6.07, 6.45) is 0.480. The Morgan fingerprint density at radius 2 is 1.92 bits per heavy atom. The summed E-state index contributed by atoms with van der Waals surface area (Å²) in [5, 5.41) is 2.72. The molecule has 0 aliphatic carbocycles. The van der Waals surface area contributed by atoms with E-state index in [4.69, 9.17) is 0 Å². The number of amides is 1. The van der Waals surface area contributed by atoms with E-state index in [9.17, 15) is 4.79 Å². The van der Waals surface area contributed by atoms with Gasteiger partial charge in [-0.25, -0.2) is 0 Å². The number of nitrogens with one attached hydrogen (secondary N) is 1. The van der Waals surface area contributed by atoms with Crippen LogP contribution in [0.1, 0.15) is 34.1 Å². The largest absolute Gasteiger partial charge is 0.345 e. The molecule has 1 amide bonds. The lowest BCUT2D eigenvalue weighted by molar-refractivity contribution is -0.120. The van der Waals surface area contributed by atoms with Crippen LogP contribution in [-0.4, -0.2) is 12.5 Å². The molecule has 72 valence electrons. The van der Waals surface area contributed by atoms with Crippen LogP contribution in [-0.2, 0) is 4.79 Å². The SMILES string of the molecule is CC#CCNC(=O)CC(C)=C(C)C. The third-order valence-corrected chi connectivity index (χ3v) is 1.83. The van der Waals surface area contributed by atoms with E-state index in [0.717, 1.165) is 5.57 Å². The van der Waals surface area contributed by atoms with E-state index in [1.165, 1.54) is 5.57 Å². The van der Waals surface area contributed by atoms with E-state index in [2.05, 4.69) is 17.2 Å². The average molecular weight is 179 g/mol. The van der Waals surface area contributed by atoms with Gasteiger partial charge in [-0.1, -0.05) is 17.1 Å². The standard InChI is InChI=1S/C11H17NO/c1-5-6-7-12-11(13)8-10(4)9(2)3/h7-8H2,1-4H3,(H,12,13). The van der Waals surface area contributed by atoms with E-state index in [0.29, 0.717) is 13.0 Å². The predicted octanol–water partition coefficient (Wildman–Crippen LogP) is 1.87. The van der Waals surface area contributed by atoms with Crippen molar-refractivity contribution in [1.82, 2.24) is 5.32 Å². The van der Waals surface area contributed by atoms with Crippen molar-refractivity contribution in [3.05, 3.63) is 11.1 Å². The number of allylic oxidation sites excluding steroid dienone is 1. The Balaban J connectivity index is 3.87. The molecule has 0 fully saturated rings. The van der Waals surface area contributed by atoms with Gasteiger partial charge >= 0.3 is 0 Å². The van der Waals surface area contributed by atoms with E-state index < -0.39 is 0 Å². The van der Waals surface area contributed by atoms with Gasteiger partial charge in [-0.05, 0) is 27.7 Å². The lowest BCUT2D eigenvalue weighted by atomic mass is 10.1. The van der Waals surface area contributed by atoms with Crippen LogP contribution in [0, 0.1) is 11.8 Å². The molecule has 1 N–H and O–H groups in total. The van der Waals surface area contributed by atoms with Gasteiger partial charge in [0.15, 0.2) is 0 Å². The van der Waals surface area contributed by atoms with Gasteiger partial charge in [0.1, 0.15) is 0 Å². The Labute approximate surface area is 80.4 Å². The molecule has 0 heterocycles. The monoisotopic (exact) mass is 179 g/mol. The highest BCUT2D eigenvalue weighted by Crippen LogP contribution is 2.05. The van der Waals surface area contributed by atoms with Crippen molar-refractivity contribution in [2.75, 3.05) is 6.54 Å². The first-order valence-corrected chi connectivity index (χ1v) is 4.37. The van der Waals surface area contributed by atoms with Crippen molar-refractivity contribution in [2.45, 2.75) is 34.1 Å². The van der Waals surface area contributed by atoms with E-state index in [-0.39, 0.29) is 5.91 Å². The van der Waals surface area contributed by atoms with Crippen LogP contribution < -0.4 is 5.32 Å². The third-order valence-electron chi connectivity index (χ3n) is 1.83. The number of carbonyl (C=O) groups is 1. The number of carbonyl (C=O) groups excluding carboxylic acids is 1. The highest BCUT2D eigenvalue weighted by Gasteiger charge is 2.01. The molecule has 0 aliphatic rings. The molecule has 0 radical (unpaired) electrons. The van der Waals surface area contributed by atoms with Gasteiger partial charge in [0.05, 0.1) is 6.54 Å². The molecular weight excluding hydrogens is 162 g/mol. The van der Waals surface area contributed by atoms with Crippen LogP contribution in [0.4, 0.5) is 0 Å². The summed E-state index contributed by atoms with van der Waals surface area (Å²) in [6.45, 7) is 8.20. The summed E-state index contributed by atoms with van der Waals surface area (Å²) in [5.41, 5.74) is 2.33. The molecule has 0 aliphatic heterocycles. The van der Waals surface area contributed by atoms with Gasteiger partial charge in [0, 0.05) is 6.42 Å². The number of rotatable bonds is 3. The maximum atomic E-state index is 11.2. The zero-order chi connectivity index (χ0) is 10.3. The average Bonchev–Trinajstić information content (AvgIpc) is 2.04. The van der Waals surface area contributed by atoms with Gasteiger partial charge in [0.25, 0.3) is 0 Å². The number of hydrogen-bond donors (Lipinski definition) is 1. The summed E-state index contributed by atoms with van der Waals surface area (Å²) < 4.78 is 0. The minimum absolute atomic E-state index is 0.0430. The summed E-state index contributed by atoms with van der Waals surface area (Å²) >= 11 is 0. The summed E-state index contributed by atoms with van der Waals surface area (Å²) in [4.78, 5) is 11.2. The smallest absolute Gasteiger partial charge is 0.224 e. The van der Waals surface area contributed by atoms with Crippen LogP contribution >= 0.6 is 0 Å². The van der Waals surface area contributed by atoms with Crippen LogP contribution in [0.15, 0.2) is 11.1 Å². The van der Waals surface area contributed by atoms with E-state index in [1.54, 1.807) is 6.92 Å². The fraction of sp³-hybridized carbons (Fsp3) is 0.545. The Morgan fingerprint density at radius 1 is 1.31 bits per heavy atom. The zero-order valence-electron chi connectivity index (χ0n) is 8.82. The van der Waals surface area contributed by atoms with E-state index >= 15 is 0 Å². The zero-order valence-corrected chi connectivity index (χ0v) is 8.82. The maximum Gasteiger partial charge on any atom is 0.224 e. The van der Waals surface area contributed by atoms with E-state index in [1.807, 2.05) is 20.8 Å². The first-order chi connectivity index (χ1) is 6.07. The fourth-order valence-corrected chi connectivity index (χ4v) is 0.711. The summed E-state index contributed by atoms with van der Waals surface area (Å²) in [7, 11) is 0. The second-order valence-electron chi connectivity index (χ2n) is 3.16. The molecule has 0 bridgehead atoms. The highest BCUT2D eigenvalue weighted by molar-refractivity contribution is 5.78. The molecule has 0 aromatic heterocycles. The molecule has 0 aromatic carbocycles. The lowest BCUT2D eigenvalue weighted by Crippen LogP contribution is -2.23. The molecule has 0 aromatic rings. The van der Waals surface area contributed by atoms with Crippen molar-refractivity contribution in [3.8, 4) is 11.8 Å². The molecule has 13 heavy (non-hydrogen) atoms. The molecule has 0 unspecified atom stereocenters. The van der Waals surface area contributed by atoms with Gasteiger partial charge in [-0.2, -0.15) is 0 Å². The molecule has 0 atom stereocenters. The highest BCUT2D eigenvalue weighted by atomic mass is 16.1. The fourth-order valence-electron chi connectivity index (χ4n) is 0.711. The molecule has 0 saturated carbocycles. The molecule has 0 spiro atoms. The molecule has 2 heteroatoms. The molecule has 0 saturated heterocycles. The normalized spacial score (nSPS) is 8.31. The van der Waals surface area contributed by atoms with Gasteiger partial charge in [-0.3, -0.25) is 4.79 Å². The molecule has 0 rings (SSSR count). The van der Waals surface area contributed by atoms with Gasteiger partial charge in [0.2, 0.25) is 5.91 Å².